The molecule has 0 aliphatic rings. The molecule has 20 heavy (non-hydrogen) atoms. The van der Waals surface area contributed by atoms with E-state index < -0.39 is 12.0 Å². The van der Waals surface area contributed by atoms with Gasteiger partial charge in [-0.2, -0.15) is 11.8 Å². The van der Waals surface area contributed by atoms with Crippen molar-refractivity contribution in [2.75, 3.05) is 24.9 Å². The van der Waals surface area contributed by atoms with Crippen LogP contribution < -0.4 is 11.1 Å². The molecule has 1 rings (SSSR count). The van der Waals surface area contributed by atoms with Gasteiger partial charge in [0.15, 0.2) is 0 Å². The second-order valence-electron chi connectivity index (χ2n) is 4.34. The summed E-state index contributed by atoms with van der Waals surface area (Å²) in [6.45, 7) is 0. The molecule has 1 aromatic carbocycles. The smallest absolute Gasteiger partial charge is 0.328 e. The molecule has 0 bridgehead atoms. The summed E-state index contributed by atoms with van der Waals surface area (Å²) < 4.78 is 4.70. The summed E-state index contributed by atoms with van der Waals surface area (Å²) in [5.74, 6) is 0.165. The minimum absolute atomic E-state index is 0.203. The third-order valence-electron chi connectivity index (χ3n) is 2.78. The van der Waals surface area contributed by atoms with Crippen LogP contribution in [0.1, 0.15) is 12.0 Å². The fourth-order valence-corrected chi connectivity index (χ4v) is 2.16. The molecule has 0 saturated heterocycles. The molecule has 5 nitrogen and oxygen atoms in total. The Morgan fingerprint density at radius 1 is 1.35 bits per heavy atom. The van der Waals surface area contributed by atoms with Crippen molar-refractivity contribution in [3.8, 4) is 0 Å². The Morgan fingerprint density at radius 3 is 2.55 bits per heavy atom. The van der Waals surface area contributed by atoms with E-state index in [0.717, 1.165) is 11.3 Å². The molecule has 3 N–H and O–H groups in total. The molecule has 0 aliphatic heterocycles. The SMILES string of the molecule is COC(=O)C(CCSC)NC(=O)Cc1ccc(N)cc1. The van der Waals surface area contributed by atoms with Crippen LogP contribution in [0.15, 0.2) is 24.3 Å². The van der Waals surface area contributed by atoms with Crippen LogP contribution >= 0.6 is 11.8 Å². The third kappa shape index (κ3) is 5.52. The molecular weight excluding hydrogens is 276 g/mol. The minimum atomic E-state index is -0.589. The van der Waals surface area contributed by atoms with Crippen molar-refractivity contribution in [1.29, 1.82) is 0 Å². The number of nitrogens with two attached hydrogens (primary N) is 1. The monoisotopic (exact) mass is 296 g/mol. The van der Waals surface area contributed by atoms with Gasteiger partial charge in [-0.05, 0) is 36.1 Å². The number of anilines is 1. The first-order valence-electron chi connectivity index (χ1n) is 6.27. The lowest BCUT2D eigenvalue weighted by molar-refractivity contribution is -0.145. The summed E-state index contributed by atoms with van der Waals surface area (Å²) in [5, 5.41) is 2.71. The van der Waals surface area contributed by atoms with Gasteiger partial charge in [-0.1, -0.05) is 12.1 Å². The van der Waals surface area contributed by atoms with E-state index in [1.807, 2.05) is 6.26 Å². The summed E-state index contributed by atoms with van der Waals surface area (Å²) in [4.78, 5) is 23.5. The predicted molar refractivity (Wildman–Crippen MR) is 81.5 cm³/mol. The number of nitrogens with one attached hydrogen (secondary N) is 1. The average Bonchev–Trinajstić information content (AvgIpc) is 2.45. The molecule has 1 unspecified atom stereocenters. The highest BCUT2D eigenvalue weighted by molar-refractivity contribution is 7.98. The zero-order chi connectivity index (χ0) is 15.0. The van der Waals surface area contributed by atoms with Crippen LogP contribution in [0.2, 0.25) is 0 Å². The van der Waals surface area contributed by atoms with Crippen molar-refractivity contribution in [3.63, 3.8) is 0 Å². The molecule has 0 fully saturated rings. The molecule has 1 atom stereocenters. The Hall–Kier alpha value is -1.69. The second-order valence-corrected chi connectivity index (χ2v) is 5.33. The normalized spacial score (nSPS) is 11.7. The predicted octanol–water partition coefficient (Wildman–Crippen LogP) is 1.22. The van der Waals surface area contributed by atoms with Crippen LogP contribution in [-0.2, 0) is 20.7 Å². The standard InChI is InChI=1S/C14H20N2O3S/c1-19-14(18)12(7-8-20-2)16-13(17)9-10-3-5-11(15)6-4-10/h3-6,12H,7-9,15H2,1-2H3,(H,16,17). The number of amides is 1. The first-order chi connectivity index (χ1) is 9.56. The van der Waals surface area contributed by atoms with Gasteiger partial charge in [-0.15, -0.1) is 0 Å². The van der Waals surface area contributed by atoms with E-state index in [0.29, 0.717) is 12.1 Å². The molecule has 0 saturated carbocycles. The molecule has 110 valence electrons. The van der Waals surface area contributed by atoms with Crippen molar-refractivity contribution in [3.05, 3.63) is 29.8 Å². The summed E-state index contributed by atoms with van der Waals surface area (Å²) in [6, 6.07) is 6.49. The number of ether oxygens (including phenoxy) is 1. The van der Waals surface area contributed by atoms with E-state index in [1.54, 1.807) is 36.0 Å². The number of methoxy groups -OCH3 is 1. The number of benzene rings is 1. The fourth-order valence-electron chi connectivity index (χ4n) is 1.69. The molecule has 1 aromatic rings. The number of nitrogen functional groups attached to an aromatic ring is 1. The Bertz CT molecular complexity index is 448. The van der Waals surface area contributed by atoms with Crippen molar-refractivity contribution >= 4 is 29.3 Å². The van der Waals surface area contributed by atoms with Gasteiger partial charge >= 0.3 is 5.97 Å². The van der Waals surface area contributed by atoms with Gasteiger partial charge in [0.2, 0.25) is 5.91 Å². The van der Waals surface area contributed by atoms with E-state index in [4.69, 9.17) is 10.5 Å². The van der Waals surface area contributed by atoms with Crippen LogP contribution in [0.5, 0.6) is 0 Å². The molecular formula is C14H20N2O3S. The van der Waals surface area contributed by atoms with Gasteiger partial charge in [-0.3, -0.25) is 4.79 Å². The van der Waals surface area contributed by atoms with Gasteiger partial charge in [0.05, 0.1) is 13.5 Å². The van der Waals surface area contributed by atoms with E-state index >= 15 is 0 Å². The number of esters is 1. The molecule has 6 heteroatoms. The van der Waals surface area contributed by atoms with E-state index in [1.165, 1.54) is 7.11 Å². The molecule has 1 amide bonds. The molecule has 0 heterocycles. The average molecular weight is 296 g/mol. The summed E-state index contributed by atoms with van der Waals surface area (Å²) in [5.41, 5.74) is 7.09. The van der Waals surface area contributed by atoms with Crippen molar-refractivity contribution < 1.29 is 14.3 Å². The van der Waals surface area contributed by atoms with Crippen molar-refractivity contribution in [2.24, 2.45) is 0 Å². The summed E-state index contributed by atoms with van der Waals surface area (Å²) in [7, 11) is 1.32. The van der Waals surface area contributed by atoms with Gasteiger partial charge in [0.1, 0.15) is 6.04 Å². The molecule has 0 aromatic heterocycles. The van der Waals surface area contributed by atoms with E-state index in [9.17, 15) is 9.59 Å². The Morgan fingerprint density at radius 2 is 2.00 bits per heavy atom. The maximum absolute atomic E-state index is 11.9. The number of carbonyl (C=O) groups excluding carboxylic acids is 2. The summed E-state index contributed by atoms with van der Waals surface area (Å²) in [6.07, 6.45) is 2.72. The van der Waals surface area contributed by atoms with Crippen molar-refractivity contribution in [2.45, 2.75) is 18.9 Å². The highest BCUT2D eigenvalue weighted by atomic mass is 32.2. The lowest BCUT2D eigenvalue weighted by atomic mass is 10.1. The lowest BCUT2D eigenvalue weighted by Crippen LogP contribution is -2.42. The van der Waals surface area contributed by atoms with Gasteiger partial charge < -0.3 is 15.8 Å². The molecule has 0 radical (unpaired) electrons. The van der Waals surface area contributed by atoms with Crippen LogP contribution in [0, 0.1) is 0 Å². The van der Waals surface area contributed by atoms with E-state index in [2.05, 4.69) is 5.32 Å². The van der Waals surface area contributed by atoms with Crippen LogP contribution in [0.25, 0.3) is 0 Å². The molecule has 0 spiro atoms. The number of hydrogen-bond donors (Lipinski definition) is 2. The van der Waals surface area contributed by atoms with Gasteiger partial charge in [0.25, 0.3) is 0 Å². The summed E-state index contributed by atoms with van der Waals surface area (Å²) >= 11 is 1.62. The first kappa shape index (κ1) is 16.4. The van der Waals surface area contributed by atoms with Crippen molar-refractivity contribution in [1.82, 2.24) is 5.32 Å². The zero-order valence-corrected chi connectivity index (χ0v) is 12.5. The topological polar surface area (TPSA) is 81.4 Å². The lowest BCUT2D eigenvalue weighted by Gasteiger charge is -2.16. The third-order valence-corrected chi connectivity index (χ3v) is 3.42. The highest BCUT2D eigenvalue weighted by Gasteiger charge is 2.20. The number of rotatable bonds is 7. The van der Waals surface area contributed by atoms with Gasteiger partial charge in [0, 0.05) is 5.69 Å². The largest absolute Gasteiger partial charge is 0.467 e. The quantitative estimate of drug-likeness (QED) is 0.584. The number of thioether (sulfide) groups is 1. The maximum Gasteiger partial charge on any atom is 0.328 e. The Kier molecular flexibility index (Phi) is 6.93. The van der Waals surface area contributed by atoms with E-state index in [-0.39, 0.29) is 12.3 Å². The minimum Gasteiger partial charge on any atom is -0.467 e. The Balaban J connectivity index is 2.56. The van der Waals surface area contributed by atoms with Crippen LogP contribution in [0.4, 0.5) is 5.69 Å². The Labute approximate surface area is 123 Å². The second kappa shape index (κ2) is 8.47. The maximum atomic E-state index is 11.9. The van der Waals surface area contributed by atoms with Crippen LogP contribution in [0.3, 0.4) is 0 Å². The van der Waals surface area contributed by atoms with Crippen LogP contribution in [-0.4, -0.2) is 37.0 Å². The number of carbonyl (C=O) groups is 2. The number of hydrogen-bond acceptors (Lipinski definition) is 5. The first-order valence-corrected chi connectivity index (χ1v) is 7.66. The highest BCUT2D eigenvalue weighted by Crippen LogP contribution is 2.07. The fraction of sp³-hybridized carbons (Fsp3) is 0.429. The zero-order valence-electron chi connectivity index (χ0n) is 11.7. The molecule has 0 aliphatic carbocycles. The van der Waals surface area contributed by atoms with Gasteiger partial charge in [-0.25, -0.2) is 4.79 Å².